The number of aromatic nitrogens is 2. The first-order valence-corrected chi connectivity index (χ1v) is 10.2. The fourth-order valence-electron chi connectivity index (χ4n) is 3.40. The molecule has 4 N–H and O–H groups in total. The van der Waals surface area contributed by atoms with Gasteiger partial charge in [-0.25, -0.2) is 4.98 Å². The van der Waals surface area contributed by atoms with Crippen LogP contribution < -0.4 is 10.5 Å². The maximum Gasteiger partial charge on any atom is 0.137 e. The first kappa shape index (κ1) is 20.3. The van der Waals surface area contributed by atoms with Gasteiger partial charge in [-0.15, -0.1) is 0 Å². The zero-order valence-electron chi connectivity index (χ0n) is 16.9. The van der Waals surface area contributed by atoms with Crippen molar-refractivity contribution >= 4 is 6.08 Å². The molecule has 0 radical (unpaired) electrons. The molecule has 4 rings (SSSR count). The fraction of sp³-hybridized carbons (Fsp3) is 0.292. The van der Waals surface area contributed by atoms with Crippen LogP contribution in [0.2, 0.25) is 0 Å². The van der Waals surface area contributed by atoms with E-state index in [1.54, 1.807) is 23.9 Å². The molecule has 156 valence electrons. The molecule has 0 saturated heterocycles. The number of rotatable bonds is 8. The largest absolute Gasteiger partial charge is 0.489 e. The van der Waals surface area contributed by atoms with Gasteiger partial charge in [0.25, 0.3) is 0 Å². The maximum absolute atomic E-state index is 9.83. The minimum absolute atomic E-state index is 0.0785. The van der Waals surface area contributed by atoms with Crippen LogP contribution in [0.5, 0.6) is 5.75 Å². The second kappa shape index (κ2) is 8.83. The summed E-state index contributed by atoms with van der Waals surface area (Å²) in [6.07, 6.45) is 7.66. The summed E-state index contributed by atoms with van der Waals surface area (Å²) in [4.78, 5) is 4.17. The zero-order valence-corrected chi connectivity index (χ0v) is 16.9. The Balaban J connectivity index is 1.43. The van der Waals surface area contributed by atoms with Crippen molar-refractivity contribution in [2.24, 2.45) is 5.73 Å². The SMILES string of the molecule is C[C@H](O)c1nccn1C(/C=C/c1ccc(-c2ccc(OC3CC3N)cc2)cc1)CO. The number of aliphatic hydroxyl groups excluding tert-OH is 2. The van der Waals surface area contributed by atoms with Crippen molar-refractivity contribution in [2.75, 3.05) is 6.61 Å². The lowest BCUT2D eigenvalue weighted by Gasteiger charge is -2.16. The van der Waals surface area contributed by atoms with E-state index < -0.39 is 6.10 Å². The molecule has 1 fully saturated rings. The molecule has 0 aliphatic heterocycles. The number of benzene rings is 2. The molecule has 6 nitrogen and oxygen atoms in total. The van der Waals surface area contributed by atoms with Crippen molar-refractivity contribution in [3.05, 3.63) is 78.4 Å². The molecule has 30 heavy (non-hydrogen) atoms. The average molecular weight is 405 g/mol. The Morgan fingerprint density at radius 1 is 1.17 bits per heavy atom. The second-order valence-corrected chi connectivity index (χ2v) is 7.68. The van der Waals surface area contributed by atoms with Crippen LogP contribution in [0.15, 0.2) is 67.0 Å². The number of hydrogen-bond donors (Lipinski definition) is 3. The standard InChI is InChI=1S/C24H27N3O3/c1-16(29)24-26-12-13-27(24)20(15-28)9-4-17-2-5-18(6-3-17)19-7-10-21(11-8-19)30-23-14-22(23)25/h2-13,16,20,22-23,28-29H,14-15,25H2,1H3/b9-4+/t16-,20?,22?,23?/m0/s1. The van der Waals surface area contributed by atoms with Crippen LogP contribution in [-0.2, 0) is 0 Å². The quantitative estimate of drug-likeness (QED) is 0.534. The van der Waals surface area contributed by atoms with Crippen molar-refractivity contribution in [2.45, 2.75) is 37.6 Å². The van der Waals surface area contributed by atoms with Gasteiger partial charge in [0, 0.05) is 24.9 Å². The van der Waals surface area contributed by atoms with Crippen LogP contribution in [0.1, 0.15) is 36.9 Å². The predicted octanol–water partition coefficient (Wildman–Crippen LogP) is 3.33. The Morgan fingerprint density at radius 2 is 1.80 bits per heavy atom. The lowest BCUT2D eigenvalue weighted by molar-refractivity contribution is 0.175. The summed E-state index contributed by atoms with van der Waals surface area (Å²) in [5.74, 6) is 1.38. The first-order valence-electron chi connectivity index (χ1n) is 10.2. The Kier molecular flexibility index (Phi) is 5.99. The number of ether oxygens (including phenoxy) is 1. The summed E-state index contributed by atoms with van der Waals surface area (Å²) in [5.41, 5.74) is 9.05. The molecule has 2 aromatic carbocycles. The molecule has 3 aromatic rings. The summed E-state index contributed by atoms with van der Waals surface area (Å²) < 4.78 is 7.57. The number of nitrogens with zero attached hydrogens (tertiary/aromatic N) is 2. The van der Waals surface area contributed by atoms with Crippen LogP contribution in [-0.4, -0.2) is 38.5 Å². The Labute approximate surface area is 176 Å². The number of aliphatic hydroxyl groups is 2. The monoisotopic (exact) mass is 405 g/mol. The van der Waals surface area contributed by atoms with Crippen LogP contribution in [0.4, 0.5) is 0 Å². The molecule has 3 unspecified atom stereocenters. The van der Waals surface area contributed by atoms with E-state index in [4.69, 9.17) is 10.5 Å². The normalized spacial score (nSPS) is 20.3. The van der Waals surface area contributed by atoms with E-state index in [0.717, 1.165) is 28.9 Å². The minimum Gasteiger partial charge on any atom is -0.489 e. The predicted molar refractivity (Wildman–Crippen MR) is 117 cm³/mol. The number of nitrogens with two attached hydrogens (primary N) is 1. The van der Waals surface area contributed by atoms with Gasteiger partial charge in [-0.05, 0) is 35.7 Å². The van der Waals surface area contributed by atoms with Crippen LogP contribution >= 0.6 is 0 Å². The average Bonchev–Trinajstić information content (AvgIpc) is 3.24. The number of imidazole rings is 1. The van der Waals surface area contributed by atoms with Crippen molar-refractivity contribution in [1.29, 1.82) is 0 Å². The fourth-order valence-corrected chi connectivity index (χ4v) is 3.40. The van der Waals surface area contributed by atoms with E-state index in [-0.39, 0.29) is 24.8 Å². The highest BCUT2D eigenvalue weighted by molar-refractivity contribution is 5.66. The van der Waals surface area contributed by atoms with E-state index in [1.807, 2.05) is 48.6 Å². The van der Waals surface area contributed by atoms with Gasteiger partial charge in [0.15, 0.2) is 0 Å². The molecule has 1 aliphatic carbocycles. The van der Waals surface area contributed by atoms with Crippen molar-refractivity contribution in [3.63, 3.8) is 0 Å². The Bertz CT molecular complexity index is 993. The first-order chi connectivity index (χ1) is 14.5. The summed E-state index contributed by atoms with van der Waals surface area (Å²) in [5, 5.41) is 19.6. The van der Waals surface area contributed by atoms with Crippen LogP contribution in [0, 0.1) is 0 Å². The van der Waals surface area contributed by atoms with Gasteiger partial charge in [0.1, 0.15) is 23.8 Å². The second-order valence-electron chi connectivity index (χ2n) is 7.68. The van der Waals surface area contributed by atoms with Gasteiger partial charge < -0.3 is 25.3 Å². The molecule has 1 aromatic heterocycles. The highest BCUT2D eigenvalue weighted by Gasteiger charge is 2.35. The smallest absolute Gasteiger partial charge is 0.137 e. The molecule has 6 heteroatoms. The van der Waals surface area contributed by atoms with Crippen molar-refractivity contribution < 1.29 is 14.9 Å². The van der Waals surface area contributed by atoms with Crippen molar-refractivity contribution in [3.8, 4) is 16.9 Å². The van der Waals surface area contributed by atoms with E-state index in [9.17, 15) is 10.2 Å². The molecule has 1 aliphatic rings. The van der Waals surface area contributed by atoms with Gasteiger partial charge in [0.05, 0.1) is 12.6 Å². The molecular formula is C24H27N3O3. The topological polar surface area (TPSA) is 93.5 Å². The summed E-state index contributed by atoms with van der Waals surface area (Å²) in [6.45, 7) is 1.58. The molecule has 1 saturated carbocycles. The van der Waals surface area contributed by atoms with Gasteiger partial charge in [0.2, 0.25) is 0 Å². The summed E-state index contributed by atoms with van der Waals surface area (Å²) >= 11 is 0. The summed E-state index contributed by atoms with van der Waals surface area (Å²) in [6, 6.07) is 16.1. The highest BCUT2D eigenvalue weighted by atomic mass is 16.5. The van der Waals surface area contributed by atoms with Crippen LogP contribution in [0.25, 0.3) is 17.2 Å². The molecule has 4 atom stereocenters. The lowest BCUT2D eigenvalue weighted by atomic mass is 10.0. The molecule has 0 bridgehead atoms. The van der Waals surface area contributed by atoms with Gasteiger partial charge in [-0.2, -0.15) is 0 Å². The van der Waals surface area contributed by atoms with E-state index in [0.29, 0.717) is 5.82 Å². The molecule has 0 amide bonds. The number of hydrogen-bond acceptors (Lipinski definition) is 5. The zero-order chi connectivity index (χ0) is 21.1. The van der Waals surface area contributed by atoms with E-state index in [1.165, 1.54) is 0 Å². The summed E-state index contributed by atoms with van der Waals surface area (Å²) in [7, 11) is 0. The van der Waals surface area contributed by atoms with Gasteiger partial charge in [-0.3, -0.25) is 0 Å². The third-order valence-corrected chi connectivity index (χ3v) is 5.29. The van der Waals surface area contributed by atoms with Gasteiger partial charge in [-0.1, -0.05) is 48.6 Å². The highest BCUT2D eigenvalue weighted by Crippen LogP contribution is 2.28. The third kappa shape index (κ3) is 4.62. The minimum atomic E-state index is -0.695. The maximum atomic E-state index is 9.83. The van der Waals surface area contributed by atoms with E-state index >= 15 is 0 Å². The van der Waals surface area contributed by atoms with Crippen LogP contribution in [0.3, 0.4) is 0 Å². The van der Waals surface area contributed by atoms with E-state index in [2.05, 4.69) is 17.1 Å². The van der Waals surface area contributed by atoms with Crippen molar-refractivity contribution in [1.82, 2.24) is 9.55 Å². The molecule has 1 heterocycles. The molecular weight excluding hydrogens is 378 g/mol. The Hall–Kier alpha value is -2.93. The third-order valence-electron chi connectivity index (χ3n) is 5.29. The van der Waals surface area contributed by atoms with Gasteiger partial charge >= 0.3 is 0 Å². The Morgan fingerprint density at radius 3 is 2.37 bits per heavy atom. The molecule has 0 spiro atoms. The lowest BCUT2D eigenvalue weighted by Crippen LogP contribution is -2.14.